The summed E-state index contributed by atoms with van der Waals surface area (Å²) in [5.74, 6) is 1.91. The maximum absolute atomic E-state index is 12.0. The number of hydrogen-bond acceptors (Lipinski definition) is 3. The minimum atomic E-state index is 0.124. The van der Waals surface area contributed by atoms with Crippen LogP contribution in [0.4, 0.5) is 0 Å². The normalized spacial score (nSPS) is 23.2. The van der Waals surface area contributed by atoms with E-state index in [2.05, 4.69) is 63.8 Å². The number of primary amides is 1. The number of carbonyl (C=O) groups is 2. The lowest BCUT2D eigenvalue weighted by Gasteiger charge is -2.26. The van der Waals surface area contributed by atoms with E-state index < -0.39 is 0 Å². The van der Waals surface area contributed by atoms with Gasteiger partial charge in [-0.2, -0.15) is 0 Å². The zero-order valence-corrected chi connectivity index (χ0v) is 14.9. The molecule has 1 saturated heterocycles. The molecule has 0 aromatic carbocycles. The molecule has 2 aliphatic rings. The van der Waals surface area contributed by atoms with Crippen LogP contribution in [0.1, 0.15) is 41.0 Å². The molecule has 1 aliphatic heterocycles. The Morgan fingerprint density at radius 3 is 1.82 bits per heavy atom. The Kier molecular flexibility index (Phi) is 9.79. The van der Waals surface area contributed by atoms with Crippen LogP contribution in [-0.2, 0) is 9.59 Å². The standard InChI is InChI=1S/C13H23NO.C2H2.CH3NO.CH5N/c1-12(2,3)6-11(15)14-7-9-10(8-14)13(9,4)5;1-2;2-1-3;1-2/h9-10H,6-8H2,1-5H3;1-2H;1H,(H2,2,3);2H2,1H3/t9-,10+;;;. The maximum atomic E-state index is 12.0. The van der Waals surface area contributed by atoms with Gasteiger partial charge in [0.05, 0.1) is 0 Å². The molecule has 1 saturated carbocycles. The summed E-state index contributed by atoms with van der Waals surface area (Å²) in [6.07, 6.45) is 8.94. The Hall–Kier alpha value is -1.54. The largest absolute Gasteiger partial charge is 0.372 e. The van der Waals surface area contributed by atoms with Gasteiger partial charge >= 0.3 is 0 Å². The lowest BCUT2D eigenvalue weighted by molar-refractivity contribution is -0.132. The molecular weight excluding hydrogens is 278 g/mol. The average molecular weight is 311 g/mol. The van der Waals surface area contributed by atoms with Crippen molar-refractivity contribution in [3.63, 3.8) is 0 Å². The molecule has 4 N–H and O–H groups in total. The molecule has 22 heavy (non-hydrogen) atoms. The van der Waals surface area contributed by atoms with Crippen molar-refractivity contribution in [2.45, 2.75) is 41.0 Å². The summed E-state index contributed by atoms with van der Waals surface area (Å²) < 4.78 is 0. The van der Waals surface area contributed by atoms with Gasteiger partial charge in [-0.1, -0.05) is 34.6 Å². The Bertz CT molecular complexity index is 356. The van der Waals surface area contributed by atoms with Gasteiger partial charge in [0.25, 0.3) is 0 Å². The molecule has 2 amide bonds. The van der Waals surface area contributed by atoms with Crippen LogP contribution in [0.3, 0.4) is 0 Å². The van der Waals surface area contributed by atoms with Crippen molar-refractivity contribution in [3.8, 4) is 12.8 Å². The fraction of sp³-hybridized carbons (Fsp3) is 0.765. The molecule has 0 spiro atoms. The first kappa shape index (κ1) is 22.7. The summed E-state index contributed by atoms with van der Waals surface area (Å²) in [6, 6.07) is 0. The Morgan fingerprint density at radius 2 is 1.55 bits per heavy atom. The first-order valence-corrected chi connectivity index (χ1v) is 7.47. The van der Waals surface area contributed by atoms with Gasteiger partial charge in [0.15, 0.2) is 0 Å². The van der Waals surface area contributed by atoms with E-state index >= 15 is 0 Å². The molecule has 5 heteroatoms. The van der Waals surface area contributed by atoms with Crippen molar-refractivity contribution in [3.05, 3.63) is 0 Å². The summed E-state index contributed by atoms with van der Waals surface area (Å²) in [6.45, 7) is 13.1. The summed E-state index contributed by atoms with van der Waals surface area (Å²) >= 11 is 0. The fourth-order valence-corrected chi connectivity index (χ4v) is 2.90. The van der Waals surface area contributed by atoms with Gasteiger partial charge in [-0.25, -0.2) is 0 Å². The van der Waals surface area contributed by atoms with Crippen molar-refractivity contribution in [1.29, 1.82) is 0 Å². The molecule has 0 radical (unpaired) electrons. The third kappa shape index (κ3) is 6.48. The smallest absolute Gasteiger partial charge is 0.223 e. The van der Waals surface area contributed by atoms with E-state index in [0.29, 0.717) is 17.7 Å². The second-order valence-electron chi connectivity index (χ2n) is 7.21. The van der Waals surface area contributed by atoms with E-state index in [1.54, 1.807) is 0 Å². The van der Waals surface area contributed by atoms with E-state index in [-0.39, 0.29) is 11.8 Å². The fourth-order valence-electron chi connectivity index (χ4n) is 2.90. The van der Waals surface area contributed by atoms with Crippen LogP contribution < -0.4 is 11.5 Å². The molecule has 0 aromatic rings. The number of rotatable bonds is 1. The predicted octanol–water partition coefficient (Wildman–Crippen LogP) is 1.46. The van der Waals surface area contributed by atoms with Crippen molar-refractivity contribution >= 4 is 12.3 Å². The van der Waals surface area contributed by atoms with Crippen molar-refractivity contribution in [2.75, 3.05) is 20.1 Å². The van der Waals surface area contributed by atoms with Crippen LogP contribution in [0.2, 0.25) is 0 Å². The van der Waals surface area contributed by atoms with Crippen LogP contribution in [0.25, 0.3) is 0 Å². The second-order valence-corrected chi connectivity index (χ2v) is 7.21. The Labute approximate surface area is 135 Å². The molecule has 0 unspecified atom stereocenters. The number of hydrogen-bond donors (Lipinski definition) is 2. The van der Waals surface area contributed by atoms with Crippen LogP contribution >= 0.6 is 0 Å². The van der Waals surface area contributed by atoms with Gasteiger partial charge in [-0.05, 0) is 29.7 Å². The second kappa shape index (κ2) is 9.47. The van der Waals surface area contributed by atoms with E-state index in [1.165, 1.54) is 7.05 Å². The summed E-state index contributed by atoms with van der Waals surface area (Å²) in [5, 5.41) is 0. The van der Waals surface area contributed by atoms with Crippen molar-refractivity contribution in [2.24, 2.45) is 34.1 Å². The molecule has 0 aromatic heterocycles. The SMILES string of the molecule is C#C.CC(C)(C)CC(=O)N1C[C@@H]2[C@H](C1)C2(C)C.CN.NC=O. The molecule has 128 valence electrons. The predicted molar refractivity (Wildman–Crippen MR) is 91.7 cm³/mol. The average Bonchev–Trinajstić information content (AvgIpc) is 2.83. The first-order valence-electron chi connectivity index (χ1n) is 7.47. The number of amides is 2. The number of terminal acetylenes is 1. The van der Waals surface area contributed by atoms with Gasteiger partial charge in [-0.15, -0.1) is 12.8 Å². The molecule has 1 heterocycles. The van der Waals surface area contributed by atoms with Crippen LogP contribution in [0, 0.1) is 35.5 Å². The highest BCUT2D eigenvalue weighted by atomic mass is 16.2. The minimum absolute atomic E-state index is 0.124. The van der Waals surface area contributed by atoms with Crippen LogP contribution in [0.15, 0.2) is 0 Å². The van der Waals surface area contributed by atoms with E-state index in [4.69, 9.17) is 4.79 Å². The summed E-state index contributed by atoms with van der Waals surface area (Å²) in [4.78, 5) is 22.6. The number of likely N-dealkylation sites (tertiary alicyclic amines) is 1. The van der Waals surface area contributed by atoms with Crippen LogP contribution in [0.5, 0.6) is 0 Å². The van der Waals surface area contributed by atoms with Gasteiger partial charge < -0.3 is 16.4 Å². The van der Waals surface area contributed by atoms with E-state index in [0.717, 1.165) is 24.9 Å². The monoisotopic (exact) mass is 311 g/mol. The third-order valence-electron chi connectivity index (χ3n) is 4.16. The summed E-state index contributed by atoms with van der Waals surface area (Å²) in [5.41, 5.74) is 9.30. The quantitative estimate of drug-likeness (QED) is 0.567. The van der Waals surface area contributed by atoms with E-state index in [1.807, 2.05) is 0 Å². The maximum Gasteiger partial charge on any atom is 0.223 e. The zero-order valence-electron chi connectivity index (χ0n) is 14.9. The van der Waals surface area contributed by atoms with E-state index in [9.17, 15) is 4.79 Å². The van der Waals surface area contributed by atoms with Gasteiger partial charge in [0.2, 0.25) is 12.3 Å². The third-order valence-corrected chi connectivity index (χ3v) is 4.16. The number of nitrogens with two attached hydrogens (primary N) is 2. The lowest BCUT2D eigenvalue weighted by atomic mass is 9.91. The number of nitrogens with zero attached hydrogens (tertiary/aromatic N) is 1. The number of carbonyl (C=O) groups excluding carboxylic acids is 2. The number of piperidine rings is 1. The molecule has 1 aliphatic carbocycles. The Morgan fingerprint density at radius 1 is 1.23 bits per heavy atom. The minimum Gasteiger partial charge on any atom is -0.372 e. The van der Waals surface area contributed by atoms with Crippen LogP contribution in [-0.4, -0.2) is 37.4 Å². The lowest BCUT2D eigenvalue weighted by Crippen LogP contribution is -2.35. The first-order chi connectivity index (χ1) is 10.1. The van der Waals surface area contributed by atoms with Crippen molar-refractivity contribution < 1.29 is 9.59 Å². The zero-order chi connectivity index (χ0) is 18.1. The van der Waals surface area contributed by atoms with Crippen molar-refractivity contribution in [1.82, 2.24) is 4.90 Å². The van der Waals surface area contributed by atoms with Gasteiger partial charge in [-0.3, -0.25) is 9.59 Å². The molecule has 5 nitrogen and oxygen atoms in total. The molecule has 0 bridgehead atoms. The topological polar surface area (TPSA) is 89.4 Å². The molecular formula is C17H33N3O2. The molecule has 2 rings (SSSR count). The van der Waals surface area contributed by atoms with Gasteiger partial charge in [0, 0.05) is 19.5 Å². The van der Waals surface area contributed by atoms with Gasteiger partial charge in [0.1, 0.15) is 0 Å². The summed E-state index contributed by atoms with van der Waals surface area (Å²) in [7, 11) is 1.50. The number of fused-ring (bicyclic) bond motifs is 1. The Balaban J connectivity index is 0. The highest BCUT2D eigenvalue weighted by Gasteiger charge is 2.62. The highest BCUT2D eigenvalue weighted by molar-refractivity contribution is 5.77. The molecule has 2 fully saturated rings. The highest BCUT2D eigenvalue weighted by Crippen LogP contribution is 2.62. The molecule has 2 atom stereocenters.